The van der Waals surface area contributed by atoms with Gasteiger partial charge in [-0.25, -0.2) is 0 Å². The number of benzene rings is 1. The van der Waals surface area contributed by atoms with Crippen molar-refractivity contribution in [2.45, 2.75) is 38.4 Å². The fourth-order valence-electron chi connectivity index (χ4n) is 1.62. The smallest absolute Gasteiger partial charge is 0.327 e. The van der Waals surface area contributed by atoms with Crippen molar-refractivity contribution in [2.24, 2.45) is 5.73 Å². The predicted octanol–water partition coefficient (Wildman–Crippen LogP) is 3.38. The molecule has 18 heavy (non-hydrogen) atoms. The number of hydrogen-bond donors (Lipinski definition) is 1. The summed E-state index contributed by atoms with van der Waals surface area (Å²) < 4.78 is 37.0. The Kier molecular flexibility index (Phi) is 5.24. The largest absolute Gasteiger partial charge is 0.416 e. The molecule has 1 unspecified atom stereocenters. The normalized spacial score (nSPS) is 12.7. The second-order valence-corrected chi connectivity index (χ2v) is 4.12. The Labute approximate surface area is 105 Å². The maximum Gasteiger partial charge on any atom is 0.416 e. The summed E-state index contributed by atoms with van der Waals surface area (Å²) in [5.74, 6) is 5.70. The molecule has 0 heterocycles. The van der Waals surface area contributed by atoms with Crippen LogP contribution in [0.25, 0.3) is 0 Å². The first kappa shape index (κ1) is 14.6. The molecule has 0 aromatic heterocycles. The molecule has 1 aromatic rings. The number of alkyl halides is 3. The van der Waals surface area contributed by atoms with Crippen molar-refractivity contribution in [3.8, 4) is 11.8 Å². The summed E-state index contributed by atoms with van der Waals surface area (Å²) in [5.41, 5.74) is 6.07. The van der Waals surface area contributed by atoms with Crippen molar-refractivity contribution in [1.29, 1.82) is 0 Å². The molecule has 1 aromatic carbocycles. The van der Waals surface area contributed by atoms with E-state index in [1.165, 1.54) is 12.1 Å². The van der Waals surface area contributed by atoms with Crippen molar-refractivity contribution < 1.29 is 13.2 Å². The highest BCUT2D eigenvalue weighted by atomic mass is 19.4. The molecular formula is C14H16F3N. The summed E-state index contributed by atoms with van der Waals surface area (Å²) in [7, 11) is 0. The summed E-state index contributed by atoms with van der Waals surface area (Å²) >= 11 is 0. The third-order valence-corrected chi connectivity index (χ3v) is 2.60. The Morgan fingerprint density at radius 3 is 2.33 bits per heavy atom. The van der Waals surface area contributed by atoms with Crippen LogP contribution in [0.4, 0.5) is 13.2 Å². The van der Waals surface area contributed by atoms with Gasteiger partial charge in [0.05, 0.1) is 5.56 Å². The molecule has 0 saturated heterocycles. The molecule has 0 saturated carbocycles. The second kappa shape index (κ2) is 6.46. The zero-order chi connectivity index (χ0) is 13.6. The quantitative estimate of drug-likeness (QED) is 0.820. The molecule has 0 fully saturated rings. The third-order valence-electron chi connectivity index (χ3n) is 2.60. The number of nitrogens with two attached hydrogens (primary N) is 1. The molecule has 1 atom stereocenters. The van der Waals surface area contributed by atoms with E-state index in [1.54, 1.807) is 6.92 Å². The highest BCUT2D eigenvalue weighted by Crippen LogP contribution is 2.29. The van der Waals surface area contributed by atoms with E-state index >= 15 is 0 Å². The van der Waals surface area contributed by atoms with Gasteiger partial charge < -0.3 is 5.73 Å². The maximum absolute atomic E-state index is 12.3. The van der Waals surface area contributed by atoms with Gasteiger partial charge in [0.2, 0.25) is 0 Å². The van der Waals surface area contributed by atoms with Gasteiger partial charge in [0.25, 0.3) is 0 Å². The second-order valence-electron chi connectivity index (χ2n) is 4.12. The fraction of sp³-hybridized carbons (Fsp3) is 0.429. The molecule has 0 aliphatic carbocycles. The van der Waals surface area contributed by atoms with Gasteiger partial charge in [-0.05, 0) is 37.5 Å². The SMILES string of the molecule is CC#CCCC(N)Cc1ccc(C(F)(F)F)cc1. The first-order chi connectivity index (χ1) is 8.43. The lowest BCUT2D eigenvalue weighted by Crippen LogP contribution is -2.22. The minimum absolute atomic E-state index is 0.0670. The maximum atomic E-state index is 12.3. The van der Waals surface area contributed by atoms with Gasteiger partial charge in [-0.15, -0.1) is 11.8 Å². The van der Waals surface area contributed by atoms with Crippen LogP contribution in [0, 0.1) is 11.8 Å². The lowest BCUT2D eigenvalue weighted by Gasteiger charge is -2.11. The summed E-state index contributed by atoms with van der Waals surface area (Å²) in [4.78, 5) is 0. The van der Waals surface area contributed by atoms with Crippen LogP contribution in [0.3, 0.4) is 0 Å². The van der Waals surface area contributed by atoms with E-state index in [-0.39, 0.29) is 6.04 Å². The van der Waals surface area contributed by atoms with Gasteiger partial charge in [-0.2, -0.15) is 13.2 Å². The Bertz CT molecular complexity index is 423. The van der Waals surface area contributed by atoms with Crippen LogP contribution in [0.2, 0.25) is 0 Å². The molecule has 2 N–H and O–H groups in total. The van der Waals surface area contributed by atoms with E-state index in [0.717, 1.165) is 30.5 Å². The molecular weight excluding hydrogens is 239 g/mol. The molecule has 0 amide bonds. The van der Waals surface area contributed by atoms with Crippen LogP contribution < -0.4 is 5.73 Å². The van der Waals surface area contributed by atoms with Gasteiger partial charge in [0, 0.05) is 12.5 Å². The van der Waals surface area contributed by atoms with Crippen LogP contribution in [0.5, 0.6) is 0 Å². The molecule has 0 aliphatic heterocycles. The zero-order valence-corrected chi connectivity index (χ0v) is 10.2. The van der Waals surface area contributed by atoms with Gasteiger partial charge in [0.1, 0.15) is 0 Å². The average molecular weight is 255 g/mol. The standard InChI is InChI=1S/C14H16F3N/c1-2-3-4-5-13(18)10-11-6-8-12(9-7-11)14(15,16)17/h6-9,13H,4-5,10,18H2,1H3. The number of rotatable bonds is 4. The minimum Gasteiger partial charge on any atom is -0.327 e. The van der Waals surface area contributed by atoms with Crippen molar-refractivity contribution in [3.05, 3.63) is 35.4 Å². The molecule has 4 heteroatoms. The van der Waals surface area contributed by atoms with Gasteiger partial charge in [-0.1, -0.05) is 12.1 Å². The van der Waals surface area contributed by atoms with E-state index in [0.29, 0.717) is 6.42 Å². The van der Waals surface area contributed by atoms with Gasteiger partial charge in [-0.3, -0.25) is 0 Å². The van der Waals surface area contributed by atoms with E-state index in [1.807, 2.05) is 0 Å². The third kappa shape index (κ3) is 4.80. The minimum atomic E-state index is -4.28. The predicted molar refractivity (Wildman–Crippen MR) is 65.8 cm³/mol. The number of hydrogen-bond acceptors (Lipinski definition) is 1. The molecule has 0 spiro atoms. The highest BCUT2D eigenvalue weighted by molar-refractivity contribution is 5.25. The van der Waals surface area contributed by atoms with Crippen LogP contribution in [-0.4, -0.2) is 6.04 Å². The van der Waals surface area contributed by atoms with Crippen molar-refractivity contribution in [1.82, 2.24) is 0 Å². The van der Waals surface area contributed by atoms with Gasteiger partial charge >= 0.3 is 6.18 Å². The molecule has 1 nitrogen and oxygen atoms in total. The van der Waals surface area contributed by atoms with E-state index in [4.69, 9.17) is 5.73 Å². The molecule has 0 radical (unpaired) electrons. The van der Waals surface area contributed by atoms with Crippen molar-refractivity contribution in [3.63, 3.8) is 0 Å². The van der Waals surface area contributed by atoms with E-state index in [9.17, 15) is 13.2 Å². The van der Waals surface area contributed by atoms with Crippen molar-refractivity contribution in [2.75, 3.05) is 0 Å². The zero-order valence-electron chi connectivity index (χ0n) is 10.2. The molecule has 1 rings (SSSR count). The Morgan fingerprint density at radius 1 is 1.22 bits per heavy atom. The van der Waals surface area contributed by atoms with Crippen LogP contribution in [-0.2, 0) is 12.6 Å². The average Bonchev–Trinajstić information content (AvgIpc) is 2.29. The van der Waals surface area contributed by atoms with Crippen LogP contribution in [0.1, 0.15) is 30.9 Å². The van der Waals surface area contributed by atoms with Crippen molar-refractivity contribution >= 4 is 0 Å². The van der Waals surface area contributed by atoms with E-state index < -0.39 is 11.7 Å². The lowest BCUT2D eigenvalue weighted by molar-refractivity contribution is -0.137. The lowest BCUT2D eigenvalue weighted by atomic mass is 10.0. The van der Waals surface area contributed by atoms with Gasteiger partial charge in [0.15, 0.2) is 0 Å². The highest BCUT2D eigenvalue weighted by Gasteiger charge is 2.29. The fourth-order valence-corrected chi connectivity index (χ4v) is 1.62. The molecule has 0 aliphatic rings. The van der Waals surface area contributed by atoms with Crippen LogP contribution >= 0.6 is 0 Å². The molecule has 0 bridgehead atoms. The summed E-state index contributed by atoms with van der Waals surface area (Å²) in [6.45, 7) is 1.77. The monoisotopic (exact) mass is 255 g/mol. The Morgan fingerprint density at radius 2 is 1.83 bits per heavy atom. The summed E-state index contributed by atoms with van der Waals surface area (Å²) in [5, 5.41) is 0. The topological polar surface area (TPSA) is 26.0 Å². The van der Waals surface area contributed by atoms with Crippen LogP contribution in [0.15, 0.2) is 24.3 Å². The van der Waals surface area contributed by atoms with E-state index in [2.05, 4.69) is 11.8 Å². The Balaban J connectivity index is 2.55. The number of halogens is 3. The first-order valence-electron chi connectivity index (χ1n) is 5.75. The summed E-state index contributed by atoms with van der Waals surface area (Å²) in [6, 6.07) is 5.08. The molecule has 98 valence electrons. The summed E-state index contributed by atoms with van der Waals surface area (Å²) in [6.07, 6.45) is -2.24. The first-order valence-corrected chi connectivity index (χ1v) is 5.75. The Hall–Kier alpha value is -1.47.